The van der Waals surface area contributed by atoms with Crippen LogP contribution in [0, 0.1) is 0 Å². The molecule has 1 amide bonds. The van der Waals surface area contributed by atoms with Gasteiger partial charge in [-0.15, -0.1) is 0 Å². The first-order chi connectivity index (χ1) is 10.2. The molecule has 0 fully saturated rings. The third-order valence-electron chi connectivity index (χ3n) is 3.24. The fourth-order valence-electron chi connectivity index (χ4n) is 2.08. The molecule has 0 spiro atoms. The highest BCUT2D eigenvalue weighted by molar-refractivity contribution is 5.75. The number of rotatable bonds is 9. The van der Waals surface area contributed by atoms with Crippen LogP contribution in [0.1, 0.15) is 31.7 Å². The van der Waals surface area contributed by atoms with Crippen molar-refractivity contribution in [1.82, 2.24) is 5.32 Å². The number of hydrogen-bond donors (Lipinski definition) is 1. The Labute approximate surface area is 126 Å². The van der Waals surface area contributed by atoms with Crippen LogP contribution in [0.5, 0.6) is 17.2 Å². The summed E-state index contributed by atoms with van der Waals surface area (Å²) in [6.45, 7) is 2.63. The van der Waals surface area contributed by atoms with Gasteiger partial charge in [-0.05, 0) is 18.9 Å². The van der Waals surface area contributed by atoms with Gasteiger partial charge in [0.2, 0.25) is 5.91 Å². The molecule has 1 aromatic carbocycles. The molecule has 0 aliphatic rings. The largest absolute Gasteiger partial charge is 0.497 e. The second-order valence-electron chi connectivity index (χ2n) is 4.73. The smallest absolute Gasteiger partial charge is 0.220 e. The monoisotopic (exact) mass is 295 g/mol. The fourth-order valence-corrected chi connectivity index (χ4v) is 2.08. The molecular formula is C16H25NO4. The minimum absolute atomic E-state index is 0.0886. The summed E-state index contributed by atoms with van der Waals surface area (Å²) < 4.78 is 16.0. The van der Waals surface area contributed by atoms with E-state index in [1.165, 1.54) is 0 Å². The molecular weight excluding hydrogens is 270 g/mol. The van der Waals surface area contributed by atoms with E-state index in [0.717, 1.165) is 18.4 Å². The van der Waals surface area contributed by atoms with E-state index in [9.17, 15) is 4.79 Å². The molecule has 0 aliphatic heterocycles. The lowest BCUT2D eigenvalue weighted by Gasteiger charge is -2.15. The van der Waals surface area contributed by atoms with E-state index in [4.69, 9.17) is 14.2 Å². The Balaban J connectivity index is 2.70. The van der Waals surface area contributed by atoms with Gasteiger partial charge in [0, 0.05) is 24.6 Å². The third kappa shape index (κ3) is 5.17. The molecule has 0 aromatic heterocycles. The molecule has 0 bridgehead atoms. The average Bonchev–Trinajstić information content (AvgIpc) is 2.51. The lowest BCUT2D eigenvalue weighted by molar-refractivity contribution is -0.121. The Morgan fingerprint density at radius 1 is 1.14 bits per heavy atom. The Bertz CT molecular complexity index is 460. The number of methoxy groups -OCH3 is 3. The van der Waals surface area contributed by atoms with Crippen molar-refractivity contribution in [2.45, 2.75) is 32.6 Å². The summed E-state index contributed by atoms with van der Waals surface area (Å²) in [5.41, 5.74) is 0.949. The van der Waals surface area contributed by atoms with Gasteiger partial charge in [-0.25, -0.2) is 0 Å². The summed E-state index contributed by atoms with van der Waals surface area (Å²) >= 11 is 0. The van der Waals surface area contributed by atoms with E-state index in [1.54, 1.807) is 27.4 Å². The SMILES string of the molecule is CCCCC(=O)NCCc1cc(OC)cc(OC)c1OC. The number of carbonyl (C=O) groups is 1. The van der Waals surface area contributed by atoms with Crippen molar-refractivity contribution >= 4 is 5.91 Å². The molecule has 0 aliphatic carbocycles. The average molecular weight is 295 g/mol. The summed E-state index contributed by atoms with van der Waals surface area (Å²) in [6.07, 6.45) is 3.18. The van der Waals surface area contributed by atoms with Gasteiger partial charge in [-0.3, -0.25) is 4.79 Å². The number of carbonyl (C=O) groups excluding carboxylic acids is 1. The Kier molecular flexibility index (Phi) is 7.43. The first-order valence-corrected chi connectivity index (χ1v) is 7.21. The van der Waals surface area contributed by atoms with E-state index in [-0.39, 0.29) is 5.91 Å². The molecule has 0 unspecified atom stereocenters. The standard InChI is InChI=1S/C16H25NO4/c1-5-6-7-15(18)17-9-8-12-10-13(19-2)11-14(20-3)16(12)21-4/h10-11H,5-9H2,1-4H3,(H,17,18). The van der Waals surface area contributed by atoms with E-state index in [2.05, 4.69) is 12.2 Å². The van der Waals surface area contributed by atoms with Gasteiger partial charge in [-0.1, -0.05) is 13.3 Å². The molecule has 5 heteroatoms. The highest BCUT2D eigenvalue weighted by Crippen LogP contribution is 2.35. The van der Waals surface area contributed by atoms with Crippen LogP contribution < -0.4 is 19.5 Å². The van der Waals surface area contributed by atoms with Crippen LogP contribution in [0.2, 0.25) is 0 Å². The van der Waals surface area contributed by atoms with Crippen molar-refractivity contribution in [1.29, 1.82) is 0 Å². The zero-order valence-electron chi connectivity index (χ0n) is 13.3. The van der Waals surface area contributed by atoms with Crippen LogP contribution in [0.4, 0.5) is 0 Å². The van der Waals surface area contributed by atoms with Crippen molar-refractivity contribution in [2.75, 3.05) is 27.9 Å². The van der Waals surface area contributed by atoms with Crippen LogP contribution in [0.3, 0.4) is 0 Å². The minimum atomic E-state index is 0.0886. The molecule has 1 aromatic rings. The van der Waals surface area contributed by atoms with Crippen molar-refractivity contribution in [3.05, 3.63) is 17.7 Å². The summed E-state index contributed by atoms with van der Waals surface area (Å²) in [5.74, 6) is 2.11. The first-order valence-electron chi connectivity index (χ1n) is 7.21. The van der Waals surface area contributed by atoms with Crippen molar-refractivity contribution < 1.29 is 19.0 Å². The number of unbranched alkanes of at least 4 members (excludes halogenated alkanes) is 1. The van der Waals surface area contributed by atoms with E-state index >= 15 is 0 Å². The summed E-state index contributed by atoms with van der Waals surface area (Å²) in [7, 11) is 4.80. The molecule has 5 nitrogen and oxygen atoms in total. The van der Waals surface area contributed by atoms with Crippen LogP contribution >= 0.6 is 0 Å². The van der Waals surface area contributed by atoms with E-state index in [0.29, 0.717) is 36.6 Å². The molecule has 0 saturated carbocycles. The molecule has 0 radical (unpaired) electrons. The van der Waals surface area contributed by atoms with Crippen molar-refractivity contribution in [2.24, 2.45) is 0 Å². The van der Waals surface area contributed by atoms with Crippen LogP contribution in [0.15, 0.2) is 12.1 Å². The van der Waals surface area contributed by atoms with Gasteiger partial charge in [0.05, 0.1) is 21.3 Å². The first kappa shape index (κ1) is 17.1. The number of ether oxygens (including phenoxy) is 3. The fraction of sp³-hybridized carbons (Fsp3) is 0.562. The highest BCUT2D eigenvalue weighted by atomic mass is 16.5. The summed E-state index contributed by atoms with van der Waals surface area (Å²) in [4.78, 5) is 11.6. The molecule has 0 atom stereocenters. The Morgan fingerprint density at radius 3 is 2.48 bits per heavy atom. The predicted octanol–water partition coefficient (Wildman–Crippen LogP) is 2.56. The van der Waals surface area contributed by atoms with Crippen molar-refractivity contribution in [3.63, 3.8) is 0 Å². The number of hydrogen-bond acceptors (Lipinski definition) is 4. The molecule has 0 heterocycles. The van der Waals surface area contributed by atoms with Crippen LogP contribution in [0.25, 0.3) is 0 Å². The Hall–Kier alpha value is -1.91. The quantitative estimate of drug-likeness (QED) is 0.760. The molecule has 1 N–H and O–H groups in total. The van der Waals surface area contributed by atoms with Crippen LogP contribution in [-0.2, 0) is 11.2 Å². The molecule has 118 valence electrons. The van der Waals surface area contributed by atoms with Gasteiger partial charge in [-0.2, -0.15) is 0 Å². The van der Waals surface area contributed by atoms with Gasteiger partial charge in [0.15, 0.2) is 11.5 Å². The zero-order valence-corrected chi connectivity index (χ0v) is 13.3. The predicted molar refractivity (Wildman–Crippen MR) is 82.3 cm³/mol. The zero-order chi connectivity index (χ0) is 15.7. The van der Waals surface area contributed by atoms with Gasteiger partial charge in [0.1, 0.15) is 5.75 Å². The van der Waals surface area contributed by atoms with E-state index < -0.39 is 0 Å². The molecule has 1 rings (SSSR count). The number of nitrogens with one attached hydrogen (secondary N) is 1. The minimum Gasteiger partial charge on any atom is -0.497 e. The Morgan fingerprint density at radius 2 is 1.90 bits per heavy atom. The maximum absolute atomic E-state index is 11.6. The maximum atomic E-state index is 11.6. The lowest BCUT2D eigenvalue weighted by atomic mass is 10.1. The second kappa shape index (κ2) is 9.10. The summed E-state index contributed by atoms with van der Waals surface area (Å²) in [6, 6.07) is 3.68. The normalized spacial score (nSPS) is 10.1. The van der Waals surface area contributed by atoms with Gasteiger partial charge in [0.25, 0.3) is 0 Å². The molecule has 0 saturated heterocycles. The number of benzene rings is 1. The maximum Gasteiger partial charge on any atom is 0.220 e. The summed E-state index contributed by atoms with van der Waals surface area (Å²) in [5, 5.41) is 2.92. The molecule has 21 heavy (non-hydrogen) atoms. The number of amides is 1. The van der Waals surface area contributed by atoms with Crippen LogP contribution in [-0.4, -0.2) is 33.8 Å². The van der Waals surface area contributed by atoms with E-state index in [1.807, 2.05) is 6.07 Å². The second-order valence-corrected chi connectivity index (χ2v) is 4.73. The van der Waals surface area contributed by atoms with Gasteiger partial charge >= 0.3 is 0 Å². The van der Waals surface area contributed by atoms with Gasteiger partial charge < -0.3 is 19.5 Å². The highest BCUT2D eigenvalue weighted by Gasteiger charge is 2.13. The third-order valence-corrected chi connectivity index (χ3v) is 3.24. The van der Waals surface area contributed by atoms with Crippen molar-refractivity contribution in [3.8, 4) is 17.2 Å². The topological polar surface area (TPSA) is 56.8 Å². The lowest BCUT2D eigenvalue weighted by Crippen LogP contribution is -2.25.